The van der Waals surface area contributed by atoms with Gasteiger partial charge in [0, 0.05) is 18.9 Å². The van der Waals surface area contributed by atoms with E-state index in [2.05, 4.69) is 10.3 Å². The van der Waals surface area contributed by atoms with Crippen LogP contribution in [0.25, 0.3) is 5.69 Å². The van der Waals surface area contributed by atoms with Crippen LogP contribution in [-0.2, 0) is 6.54 Å². The Morgan fingerprint density at radius 1 is 1.47 bits per heavy atom. The summed E-state index contributed by atoms with van der Waals surface area (Å²) in [6, 6.07) is 4.75. The van der Waals surface area contributed by atoms with E-state index in [0.717, 1.165) is 11.3 Å². The molecule has 0 amide bonds. The molecule has 1 N–H and O–H groups in total. The van der Waals surface area contributed by atoms with Gasteiger partial charge in [0.05, 0.1) is 12.0 Å². The Bertz CT molecular complexity index is 437. The zero-order chi connectivity index (χ0) is 10.7. The molecule has 0 fully saturated rings. The SMILES string of the molecule is CNCc1ccc(F)cc1-n1ccnc1. The molecule has 0 unspecified atom stereocenters. The van der Waals surface area contributed by atoms with Crippen molar-refractivity contribution in [2.45, 2.75) is 6.54 Å². The highest BCUT2D eigenvalue weighted by atomic mass is 19.1. The van der Waals surface area contributed by atoms with E-state index < -0.39 is 0 Å². The summed E-state index contributed by atoms with van der Waals surface area (Å²) in [7, 11) is 1.86. The van der Waals surface area contributed by atoms with E-state index in [1.807, 2.05) is 7.05 Å². The minimum absolute atomic E-state index is 0.237. The van der Waals surface area contributed by atoms with Crippen LogP contribution in [0, 0.1) is 5.82 Å². The second kappa shape index (κ2) is 4.23. The highest BCUT2D eigenvalue weighted by molar-refractivity contribution is 5.41. The van der Waals surface area contributed by atoms with E-state index in [1.165, 1.54) is 12.1 Å². The molecule has 15 heavy (non-hydrogen) atoms. The number of benzene rings is 1. The topological polar surface area (TPSA) is 29.9 Å². The lowest BCUT2D eigenvalue weighted by Crippen LogP contribution is -2.08. The Morgan fingerprint density at radius 3 is 3.00 bits per heavy atom. The lowest BCUT2D eigenvalue weighted by Gasteiger charge is -2.09. The van der Waals surface area contributed by atoms with E-state index in [9.17, 15) is 4.39 Å². The molecule has 4 heteroatoms. The third-order valence-corrected chi connectivity index (χ3v) is 2.20. The fourth-order valence-corrected chi connectivity index (χ4v) is 1.52. The van der Waals surface area contributed by atoms with Gasteiger partial charge in [-0.1, -0.05) is 6.07 Å². The number of nitrogens with zero attached hydrogens (tertiary/aromatic N) is 2. The molecular formula is C11H12FN3. The number of rotatable bonds is 3. The van der Waals surface area contributed by atoms with E-state index >= 15 is 0 Å². The first-order valence-corrected chi connectivity index (χ1v) is 4.72. The van der Waals surface area contributed by atoms with Gasteiger partial charge < -0.3 is 9.88 Å². The average Bonchev–Trinajstić information content (AvgIpc) is 2.74. The molecule has 0 atom stereocenters. The molecule has 0 aliphatic rings. The molecule has 2 aromatic rings. The number of hydrogen-bond donors (Lipinski definition) is 1. The standard InChI is InChI=1S/C11H12FN3/c1-13-7-9-2-3-10(12)6-11(9)15-5-4-14-8-15/h2-6,8,13H,7H2,1H3. The van der Waals surface area contributed by atoms with E-state index in [1.54, 1.807) is 29.4 Å². The van der Waals surface area contributed by atoms with Crippen molar-refractivity contribution in [1.82, 2.24) is 14.9 Å². The molecule has 0 aliphatic carbocycles. The quantitative estimate of drug-likeness (QED) is 0.827. The summed E-state index contributed by atoms with van der Waals surface area (Å²) >= 11 is 0. The van der Waals surface area contributed by atoms with Crippen LogP contribution >= 0.6 is 0 Å². The van der Waals surface area contributed by atoms with Crippen molar-refractivity contribution < 1.29 is 4.39 Å². The van der Waals surface area contributed by atoms with E-state index in [4.69, 9.17) is 0 Å². The Hall–Kier alpha value is -1.68. The maximum absolute atomic E-state index is 13.1. The first kappa shape index (κ1) is 9.86. The summed E-state index contributed by atoms with van der Waals surface area (Å²) in [5, 5.41) is 3.05. The molecule has 78 valence electrons. The van der Waals surface area contributed by atoms with Gasteiger partial charge >= 0.3 is 0 Å². The summed E-state index contributed by atoms with van der Waals surface area (Å²) < 4.78 is 14.9. The second-order valence-electron chi connectivity index (χ2n) is 3.27. The third kappa shape index (κ3) is 2.05. The van der Waals surface area contributed by atoms with Crippen molar-refractivity contribution in [3.05, 3.63) is 48.3 Å². The van der Waals surface area contributed by atoms with Crippen LogP contribution < -0.4 is 5.32 Å². The monoisotopic (exact) mass is 205 g/mol. The normalized spacial score (nSPS) is 10.5. The Morgan fingerprint density at radius 2 is 2.33 bits per heavy atom. The average molecular weight is 205 g/mol. The largest absolute Gasteiger partial charge is 0.316 e. The molecule has 1 aromatic carbocycles. The van der Waals surface area contributed by atoms with Crippen molar-refractivity contribution in [2.24, 2.45) is 0 Å². The van der Waals surface area contributed by atoms with Crippen LogP contribution in [0.2, 0.25) is 0 Å². The summed E-state index contributed by atoms with van der Waals surface area (Å²) in [5.41, 5.74) is 1.86. The predicted molar refractivity (Wildman–Crippen MR) is 56.3 cm³/mol. The maximum Gasteiger partial charge on any atom is 0.125 e. The molecule has 0 aliphatic heterocycles. The molecule has 3 nitrogen and oxygen atoms in total. The highest BCUT2D eigenvalue weighted by Crippen LogP contribution is 2.15. The molecule has 0 saturated heterocycles. The first-order chi connectivity index (χ1) is 7.31. The molecule has 1 aromatic heterocycles. The van der Waals surface area contributed by atoms with Crippen molar-refractivity contribution in [3.8, 4) is 5.69 Å². The van der Waals surface area contributed by atoms with Gasteiger partial charge in [-0.2, -0.15) is 0 Å². The molecule has 1 heterocycles. The van der Waals surface area contributed by atoms with Crippen LogP contribution in [0.5, 0.6) is 0 Å². The molecule has 0 saturated carbocycles. The molecule has 0 spiro atoms. The van der Waals surface area contributed by atoms with Crippen LogP contribution in [0.15, 0.2) is 36.9 Å². The van der Waals surface area contributed by atoms with Crippen molar-refractivity contribution >= 4 is 0 Å². The Balaban J connectivity index is 2.47. The van der Waals surface area contributed by atoms with Gasteiger partial charge in [0.2, 0.25) is 0 Å². The van der Waals surface area contributed by atoms with Gasteiger partial charge in [0.1, 0.15) is 5.82 Å². The zero-order valence-electron chi connectivity index (χ0n) is 8.44. The number of nitrogens with one attached hydrogen (secondary N) is 1. The van der Waals surface area contributed by atoms with Gasteiger partial charge in [-0.25, -0.2) is 9.37 Å². The van der Waals surface area contributed by atoms with Crippen molar-refractivity contribution in [3.63, 3.8) is 0 Å². The molecule has 2 rings (SSSR count). The number of hydrogen-bond acceptors (Lipinski definition) is 2. The summed E-state index contributed by atoms with van der Waals surface area (Å²) in [6.07, 6.45) is 5.13. The fourth-order valence-electron chi connectivity index (χ4n) is 1.52. The van der Waals surface area contributed by atoms with Gasteiger partial charge in [-0.3, -0.25) is 0 Å². The molecular weight excluding hydrogens is 193 g/mol. The maximum atomic E-state index is 13.1. The lowest BCUT2D eigenvalue weighted by atomic mass is 10.1. The molecule has 0 radical (unpaired) electrons. The lowest BCUT2D eigenvalue weighted by molar-refractivity contribution is 0.624. The minimum Gasteiger partial charge on any atom is -0.316 e. The zero-order valence-corrected chi connectivity index (χ0v) is 8.44. The summed E-state index contributed by atoms with van der Waals surface area (Å²) in [4.78, 5) is 3.95. The van der Waals surface area contributed by atoms with Gasteiger partial charge in [-0.15, -0.1) is 0 Å². The summed E-state index contributed by atoms with van der Waals surface area (Å²) in [6.45, 7) is 0.702. The van der Waals surface area contributed by atoms with Crippen LogP contribution in [0.1, 0.15) is 5.56 Å². The number of halogens is 1. The first-order valence-electron chi connectivity index (χ1n) is 4.72. The Kier molecular flexibility index (Phi) is 2.78. The Labute approximate surface area is 87.6 Å². The number of imidazole rings is 1. The van der Waals surface area contributed by atoms with Crippen LogP contribution in [-0.4, -0.2) is 16.6 Å². The van der Waals surface area contributed by atoms with Crippen LogP contribution in [0.3, 0.4) is 0 Å². The van der Waals surface area contributed by atoms with Crippen LogP contribution in [0.4, 0.5) is 4.39 Å². The van der Waals surface area contributed by atoms with Crippen molar-refractivity contribution in [1.29, 1.82) is 0 Å². The van der Waals surface area contributed by atoms with Gasteiger partial charge in [0.25, 0.3) is 0 Å². The number of aromatic nitrogens is 2. The molecule has 0 bridgehead atoms. The van der Waals surface area contributed by atoms with Crippen molar-refractivity contribution in [2.75, 3.05) is 7.05 Å². The fraction of sp³-hybridized carbons (Fsp3) is 0.182. The minimum atomic E-state index is -0.237. The predicted octanol–water partition coefficient (Wildman–Crippen LogP) is 1.73. The van der Waals surface area contributed by atoms with E-state index in [-0.39, 0.29) is 5.82 Å². The second-order valence-corrected chi connectivity index (χ2v) is 3.27. The summed E-state index contributed by atoms with van der Waals surface area (Å²) in [5.74, 6) is -0.237. The van der Waals surface area contributed by atoms with Gasteiger partial charge in [-0.05, 0) is 24.7 Å². The third-order valence-electron chi connectivity index (χ3n) is 2.20. The smallest absolute Gasteiger partial charge is 0.125 e. The van der Waals surface area contributed by atoms with E-state index in [0.29, 0.717) is 6.54 Å². The van der Waals surface area contributed by atoms with Gasteiger partial charge in [0.15, 0.2) is 0 Å². The highest BCUT2D eigenvalue weighted by Gasteiger charge is 2.04.